The highest BCUT2D eigenvalue weighted by Crippen LogP contribution is 2.30. The molecule has 0 fully saturated rings. The largest absolute Gasteiger partial charge is 0.486 e. The van der Waals surface area contributed by atoms with Crippen LogP contribution in [0.5, 0.6) is 11.5 Å². The topological polar surface area (TPSA) is 54.9 Å². The summed E-state index contributed by atoms with van der Waals surface area (Å²) in [4.78, 5) is 4.19. The molecule has 1 aliphatic heterocycles. The van der Waals surface area contributed by atoms with Gasteiger partial charge in [0.25, 0.3) is 0 Å². The molecule has 0 saturated carbocycles. The molecule has 0 bridgehead atoms. The van der Waals surface area contributed by atoms with Crippen LogP contribution < -0.4 is 20.1 Å². The number of rotatable bonds is 5. The average molecular weight is 417 g/mol. The highest BCUT2D eigenvalue weighted by molar-refractivity contribution is 14.0. The van der Waals surface area contributed by atoms with Gasteiger partial charge in [-0.15, -0.1) is 24.0 Å². The summed E-state index contributed by atoms with van der Waals surface area (Å²) in [5, 5.41) is 6.51. The Kier molecular flexibility index (Phi) is 8.72. The second-order valence-corrected chi connectivity index (χ2v) is 4.74. The van der Waals surface area contributed by atoms with Crippen molar-refractivity contribution < 1.29 is 9.47 Å². The predicted molar refractivity (Wildman–Crippen MR) is 101 cm³/mol. The molecule has 122 valence electrons. The van der Waals surface area contributed by atoms with Gasteiger partial charge in [-0.05, 0) is 25.5 Å². The maximum atomic E-state index is 5.89. The number of aliphatic imine (C=N–C) groups is 1. The first-order valence-corrected chi connectivity index (χ1v) is 7.27. The summed E-state index contributed by atoms with van der Waals surface area (Å²) in [6, 6.07) is 7.73. The van der Waals surface area contributed by atoms with Gasteiger partial charge in [0, 0.05) is 13.6 Å². The molecule has 1 unspecified atom stereocenters. The lowest BCUT2D eigenvalue weighted by atomic mass is 10.2. The van der Waals surface area contributed by atoms with E-state index in [-0.39, 0.29) is 30.1 Å². The van der Waals surface area contributed by atoms with Gasteiger partial charge in [0.1, 0.15) is 12.7 Å². The Balaban J connectivity index is 0.00000242. The Labute approximate surface area is 149 Å². The minimum atomic E-state index is -0.0195. The third-order valence-electron chi connectivity index (χ3n) is 3.13. The molecule has 0 spiro atoms. The fourth-order valence-corrected chi connectivity index (χ4v) is 2.04. The molecule has 0 amide bonds. The number of nitrogens with one attached hydrogen (secondary N) is 2. The summed E-state index contributed by atoms with van der Waals surface area (Å²) in [5.41, 5.74) is 0. The Hall–Kier alpha value is -1.44. The fourth-order valence-electron chi connectivity index (χ4n) is 2.04. The van der Waals surface area contributed by atoms with Crippen LogP contribution in [-0.2, 0) is 0 Å². The summed E-state index contributed by atoms with van der Waals surface area (Å²) in [7, 11) is 1.76. The number of halogens is 1. The highest BCUT2D eigenvalue weighted by Gasteiger charge is 2.20. The molecule has 22 heavy (non-hydrogen) atoms. The van der Waals surface area contributed by atoms with Crippen LogP contribution in [0.4, 0.5) is 0 Å². The zero-order valence-corrected chi connectivity index (χ0v) is 15.4. The molecule has 2 N–H and O–H groups in total. The van der Waals surface area contributed by atoms with E-state index in [9.17, 15) is 0 Å². The van der Waals surface area contributed by atoms with Crippen LogP contribution in [0.15, 0.2) is 41.4 Å². The molecular formula is C16H24IN3O2. The van der Waals surface area contributed by atoms with Crippen molar-refractivity contribution in [2.24, 2.45) is 4.99 Å². The zero-order valence-electron chi connectivity index (χ0n) is 13.0. The van der Waals surface area contributed by atoms with Crippen molar-refractivity contribution in [3.63, 3.8) is 0 Å². The first kappa shape index (κ1) is 18.6. The lowest BCUT2D eigenvalue weighted by molar-refractivity contribution is 0.0936. The fraction of sp³-hybridized carbons (Fsp3) is 0.438. The van der Waals surface area contributed by atoms with Crippen LogP contribution in [0.2, 0.25) is 0 Å². The first-order chi connectivity index (χ1) is 10.3. The van der Waals surface area contributed by atoms with E-state index in [1.54, 1.807) is 7.05 Å². The summed E-state index contributed by atoms with van der Waals surface area (Å²) in [5.74, 6) is 2.39. The minimum absolute atomic E-state index is 0. The first-order valence-electron chi connectivity index (χ1n) is 7.27. The molecule has 1 aromatic rings. The van der Waals surface area contributed by atoms with Gasteiger partial charge >= 0.3 is 0 Å². The third kappa shape index (κ3) is 5.75. The molecule has 0 aromatic heterocycles. The number of fused-ring (bicyclic) bond motifs is 1. The Morgan fingerprint density at radius 3 is 2.82 bits per heavy atom. The van der Waals surface area contributed by atoms with E-state index in [4.69, 9.17) is 9.47 Å². The van der Waals surface area contributed by atoms with E-state index in [2.05, 4.69) is 21.7 Å². The minimum Gasteiger partial charge on any atom is -0.486 e. The van der Waals surface area contributed by atoms with Gasteiger partial charge in [0.2, 0.25) is 0 Å². The van der Waals surface area contributed by atoms with Crippen LogP contribution in [0.3, 0.4) is 0 Å². The second-order valence-electron chi connectivity index (χ2n) is 4.74. The van der Waals surface area contributed by atoms with Crippen LogP contribution in [0, 0.1) is 0 Å². The monoisotopic (exact) mass is 417 g/mol. The maximum Gasteiger partial charge on any atom is 0.191 e. The normalized spacial score (nSPS) is 17.0. The van der Waals surface area contributed by atoms with E-state index in [1.165, 1.54) is 0 Å². The number of ether oxygens (including phenoxy) is 2. The van der Waals surface area contributed by atoms with Gasteiger partial charge < -0.3 is 20.1 Å². The number of hydrogen-bond donors (Lipinski definition) is 2. The van der Waals surface area contributed by atoms with Gasteiger partial charge in [-0.25, -0.2) is 0 Å². The van der Waals surface area contributed by atoms with E-state index in [0.29, 0.717) is 13.2 Å². The smallest absolute Gasteiger partial charge is 0.191 e. The number of allylic oxidation sites excluding steroid dienone is 1. The standard InChI is InChI=1S/C16H23N3O2.HI/c1-3-4-7-10-18-16(17-2)19-11-13-12-20-14-8-5-6-9-15(14)21-13;/h3-6,8-9,13H,7,10-12H2,1-2H3,(H2,17,18,19);1H. The van der Waals surface area contributed by atoms with Gasteiger partial charge in [-0.2, -0.15) is 0 Å². The quantitative estimate of drug-likeness (QED) is 0.254. The third-order valence-corrected chi connectivity index (χ3v) is 3.13. The number of para-hydroxylation sites is 2. The molecule has 1 atom stereocenters. The molecule has 1 heterocycles. The van der Waals surface area contributed by atoms with Crippen molar-refractivity contribution in [1.29, 1.82) is 0 Å². The molecule has 1 aliphatic rings. The van der Waals surface area contributed by atoms with E-state index < -0.39 is 0 Å². The van der Waals surface area contributed by atoms with Gasteiger partial charge in [0.15, 0.2) is 17.5 Å². The lowest BCUT2D eigenvalue weighted by Gasteiger charge is -2.27. The van der Waals surface area contributed by atoms with Crippen molar-refractivity contribution in [2.45, 2.75) is 19.4 Å². The molecule has 5 nitrogen and oxygen atoms in total. The van der Waals surface area contributed by atoms with E-state index >= 15 is 0 Å². The van der Waals surface area contributed by atoms with Crippen LogP contribution in [-0.4, -0.2) is 38.8 Å². The van der Waals surface area contributed by atoms with E-state index in [0.717, 1.165) is 30.4 Å². The SMILES string of the molecule is CC=CCCNC(=NC)NCC1COc2ccccc2O1.I. The zero-order chi connectivity index (χ0) is 14.9. The highest BCUT2D eigenvalue weighted by atomic mass is 127. The lowest BCUT2D eigenvalue weighted by Crippen LogP contribution is -2.45. The Bertz CT molecular complexity index is 506. The van der Waals surface area contributed by atoms with E-state index in [1.807, 2.05) is 37.3 Å². The molecule has 0 saturated heterocycles. The van der Waals surface area contributed by atoms with Crippen molar-refractivity contribution in [2.75, 3.05) is 26.7 Å². The maximum absolute atomic E-state index is 5.89. The summed E-state index contributed by atoms with van der Waals surface area (Å²) in [6.07, 6.45) is 5.12. The average Bonchev–Trinajstić information content (AvgIpc) is 2.54. The Morgan fingerprint density at radius 2 is 2.09 bits per heavy atom. The summed E-state index contributed by atoms with van der Waals surface area (Å²) < 4.78 is 11.6. The predicted octanol–water partition coefficient (Wildman–Crippen LogP) is 2.58. The van der Waals surface area contributed by atoms with Crippen LogP contribution in [0.25, 0.3) is 0 Å². The summed E-state index contributed by atoms with van der Waals surface area (Å²) in [6.45, 7) is 4.07. The number of guanidine groups is 1. The molecular weight excluding hydrogens is 393 g/mol. The van der Waals surface area contributed by atoms with Crippen molar-refractivity contribution in [3.8, 4) is 11.5 Å². The second kappa shape index (κ2) is 10.3. The number of nitrogens with zero attached hydrogens (tertiary/aromatic N) is 1. The Morgan fingerprint density at radius 1 is 1.32 bits per heavy atom. The van der Waals surface area contributed by atoms with Crippen LogP contribution in [0.1, 0.15) is 13.3 Å². The molecule has 6 heteroatoms. The van der Waals surface area contributed by atoms with Crippen molar-refractivity contribution in [1.82, 2.24) is 10.6 Å². The van der Waals surface area contributed by atoms with Gasteiger partial charge in [-0.1, -0.05) is 24.3 Å². The molecule has 0 aliphatic carbocycles. The number of benzene rings is 1. The molecule has 1 aromatic carbocycles. The summed E-state index contributed by atoms with van der Waals surface area (Å²) >= 11 is 0. The van der Waals surface area contributed by atoms with Crippen molar-refractivity contribution >= 4 is 29.9 Å². The molecule has 2 rings (SSSR count). The van der Waals surface area contributed by atoms with Gasteiger partial charge in [-0.3, -0.25) is 4.99 Å². The van der Waals surface area contributed by atoms with Crippen LogP contribution >= 0.6 is 24.0 Å². The van der Waals surface area contributed by atoms with Crippen molar-refractivity contribution in [3.05, 3.63) is 36.4 Å². The molecule has 0 radical (unpaired) electrons. The number of hydrogen-bond acceptors (Lipinski definition) is 3. The van der Waals surface area contributed by atoms with Gasteiger partial charge in [0.05, 0.1) is 6.54 Å².